The van der Waals surface area contributed by atoms with Gasteiger partial charge in [-0.2, -0.15) is 4.39 Å². The van der Waals surface area contributed by atoms with Gasteiger partial charge >= 0.3 is 5.97 Å². The predicted octanol–water partition coefficient (Wildman–Crippen LogP) is 3.82. The number of aliphatic carboxylic acids is 1. The summed E-state index contributed by atoms with van der Waals surface area (Å²) in [4.78, 5) is 14.3. The first-order valence-electron chi connectivity index (χ1n) is 5.30. The minimum Gasteiger partial charge on any atom is -0.481 e. The average molecular weight is 300 g/mol. The number of carbonyl (C=O) groups is 1. The van der Waals surface area contributed by atoms with Crippen LogP contribution >= 0.6 is 23.2 Å². The molecule has 2 aromatic rings. The predicted molar refractivity (Wildman–Crippen MR) is 71.0 cm³/mol. The number of rotatable bonds is 3. The lowest BCUT2D eigenvalue weighted by Crippen LogP contribution is -2.04. The number of hydrogen-bond donors (Lipinski definition) is 1. The number of carboxylic acids is 1. The summed E-state index contributed by atoms with van der Waals surface area (Å²) < 4.78 is 13.7. The van der Waals surface area contributed by atoms with Gasteiger partial charge in [-0.25, -0.2) is 4.98 Å². The Labute approximate surface area is 118 Å². The molecule has 0 radical (unpaired) electrons. The van der Waals surface area contributed by atoms with Crippen molar-refractivity contribution in [3.63, 3.8) is 0 Å². The van der Waals surface area contributed by atoms with Crippen LogP contribution in [-0.2, 0) is 11.2 Å². The smallest absolute Gasteiger partial charge is 0.307 e. The van der Waals surface area contributed by atoms with Crippen molar-refractivity contribution < 1.29 is 14.3 Å². The van der Waals surface area contributed by atoms with Crippen LogP contribution in [0.5, 0.6) is 0 Å². The minimum atomic E-state index is -1.12. The molecule has 0 aliphatic carbocycles. The van der Waals surface area contributed by atoms with E-state index in [4.69, 9.17) is 28.3 Å². The Hall–Kier alpha value is -1.65. The first-order valence-corrected chi connectivity index (χ1v) is 6.06. The number of pyridine rings is 1. The maximum atomic E-state index is 13.7. The molecule has 0 atom stereocenters. The average Bonchev–Trinajstić information content (AvgIpc) is 2.32. The fourth-order valence-electron chi connectivity index (χ4n) is 1.64. The summed E-state index contributed by atoms with van der Waals surface area (Å²) in [5.41, 5.74) is 0.702. The minimum absolute atomic E-state index is 0.0134. The van der Waals surface area contributed by atoms with Gasteiger partial charge in [0, 0.05) is 11.1 Å². The quantitative estimate of drug-likeness (QED) is 0.877. The lowest BCUT2D eigenvalue weighted by Gasteiger charge is -2.07. The van der Waals surface area contributed by atoms with Gasteiger partial charge in [0.15, 0.2) is 0 Å². The van der Waals surface area contributed by atoms with Crippen molar-refractivity contribution in [3.8, 4) is 11.3 Å². The zero-order valence-corrected chi connectivity index (χ0v) is 11.0. The van der Waals surface area contributed by atoms with Gasteiger partial charge in [-0.15, -0.1) is 0 Å². The SMILES string of the molecule is O=C(O)Cc1ccc(-c2c(Cl)cccc2Cl)nc1F. The molecule has 0 bridgehead atoms. The molecule has 6 heteroatoms. The summed E-state index contributed by atoms with van der Waals surface area (Å²) in [6, 6.07) is 7.77. The summed E-state index contributed by atoms with van der Waals surface area (Å²) in [7, 11) is 0. The van der Waals surface area contributed by atoms with E-state index in [1.54, 1.807) is 18.2 Å². The topological polar surface area (TPSA) is 50.2 Å². The molecule has 0 aliphatic rings. The molecular formula is C13H8Cl2FNO2. The van der Waals surface area contributed by atoms with E-state index in [0.29, 0.717) is 15.6 Å². The zero-order chi connectivity index (χ0) is 14.0. The highest BCUT2D eigenvalue weighted by Crippen LogP contribution is 2.33. The molecule has 0 spiro atoms. The molecule has 0 saturated carbocycles. The summed E-state index contributed by atoms with van der Waals surface area (Å²) in [6.07, 6.45) is -0.421. The molecule has 0 fully saturated rings. The van der Waals surface area contributed by atoms with Crippen molar-refractivity contribution in [2.24, 2.45) is 0 Å². The van der Waals surface area contributed by atoms with Crippen molar-refractivity contribution in [2.75, 3.05) is 0 Å². The van der Waals surface area contributed by atoms with Crippen LogP contribution in [0.1, 0.15) is 5.56 Å². The van der Waals surface area contributed by atoms with Crippen LogP contribution in [0.25, 0.3) is 11.3 Å². The molecule has 0 unspecified atom stereocenters. The van der Waals surface area contributed by atoms with Crippen LogP contribution < -0.4 is 0 Å². The van der Waals surface area contributed by atoms with Crippen LogP contribution in [0.4, 0.5) is 4.39 Å². The van der Waals surface area contributed by atoms with Crippen molar-refractivity contribution in [2.45, 2.75) is 6.42 Å². The Morgan fingerprint density at radius 1 is 1.21 bits per heavy atom. The number of carboxylic acid groups (broad SMARTS) is 1. The van der Waals surface area contributed by atoms with Gasteiger partial charge < -0.3 is 5.11 Å². The number of hydrogen-bond acceptors (Lipinski definition) is 2. The lowest BCUT2D eigenvalue weighted by atomic mass is 10.1. The van der Waals surface area contributed by atoms with E-state index in [-0.39, 0.29) is 11.3 Å². The van der Waals surface area contributed by atoms with Crippen LogP contribution in [-0.4, -0.2) is 16.1 Å². The molecule has 0 amide bonds. The number of halogens is 3. The normalized spacial score (nSPS) is 10.5. The molecule has 0 saturated heterocycles. The van der Waals surface area contributed by atoms with Crippen LogP contribution in [0.3, 0.4) is 0 Å². The summed E-state index contributed by atoms with van der Waals surface area (Å²) in [5, 5.41) is 9.33. The Kier molecular flexibility index (Phi) is 4.02. The van der Waals surface area contributed by atoms with Gasteiger partial charge in [0.2, 0.25) is 5.95 Å². The van der Waals surface area contributed by atoms with E-state index >= 15 is 0 Å². The van der Waals surface area contributed by atoms with E-state index < -0.39 is 18.3 Å². The van der Waals surface area contributed by atoms with E-state index in [9.17, 15) is 9.18 Å². The molecule has 1 aromatic carbocycles. The Bertz CT molecular complexity index is 626. The summed E-state index contributed by atoms with van der Waals surface area (Å²) in [6.45, 7) is 0. The van der Waals surface area contributed by atoms with E-state index in [1.807, 2.05) is 0 Å². The summed E-state index contributed by atoms with van der Waals surface area (Å²) >= 11 is 12.0. The highest BCUT2D eigenvalue weighted by Gasteiger charge is 2.13. The third-order valence-corrected chi connectivity index (χ3v) is 3.12. The molecule has 2 rings (SSSR count). The van der Waals surface area contributed by atoms with Crippen molar-refractivity contribution in [1.29, 1.82) is 0 Å². The highest BCUT2D eigenvalue weighted by molar-refractivity contribution is 6.39. The second-order valence-corrected chi connectivity index (χ2v) is 4.63. The van der Waals surface area contributed by atoms with Crippen LogP contribution in [0.15, 0.2) is 30.3 Å². The molecule has 3 nitrogen and oxygen atoms in total. The second kappa shape index (κ2) is 5.55. The van der Waals surface area contributed by atoms with Gasteiger partial charge in [-0.1, -0.05) is 35.3 Å². The second-order valence-electron chi connectivity index (χ2n) is 3.81. The standard InChI is InChI=1S/C13H8Cl2FNO2/c14-8-2-1-3-9(15)12(8)10-5-4-7(6-11(18)19)13(16)17-10/h1-5H,6H2,(H,18,19). The zero-order valence-electron chi connectivity index (χ0n) is 9.53. The fourth-order valence-corrected chi connectivity index (χ4v) is 2.23. The maximum Gasteiger partial charge on any atom is 0.307 e. The molecule has 19 heavy (non-hydrogen) atoms. The Morgan fingerprint density at radius 2 is 1.84 bits per heavy atom. The largest absolute Gasteiger partial charge is 0.481 e. The van der Waals surface area contributed by atoms with Gasteiger partial charge in [0.25, 0.3) is 0 Å². The van der Waals surface area contributed by atoms with Crippen molar-refractivity contribution in [1.82, 2.24) is 4.98 Å². The molecule has 1 aromatic heterocycles. The first kappa shape index (κ1) is 13.8. The molecule has 0 aliphatic heterocycles. The van der Waals surface area contributed by atoms with Gasteiger partial charge in [0.05, 0.1) is 22.2 Å². The monoisotopic (exact) mass is 299 g/mol. The van der Waals surface area contributed by atoms with Crippen LogP contribution in [0.2, 0.25) is 10.0 Å². The Morgan fingerprint density at radius 3 is 2.37 bits per heavy atom. The highest BCUT2D eigenvalue weighted by atomic mass is 35.5. The van der Waals surface area contributed by atoms with Gasteiger partial charge in [0.1, 0.15) is 0 Å². The number of aromatic nitrogens is 1. The lowest BCUT2D eigenvalue weighted by molar-refractivity contribution is -0.136. The maximum absolute atomic E-state index is 13.7. The fraction of sp³-hybridized carbons (Fsp3) is 0.0769. The van der Waals surface area contributed by atoms with E-state index in [1.165, 1.54) is 12.1 Å². The Balaban J connectivity index is 2.48. The third-order valence-electron chi connectivity index (χ3n) is 2.49. The molecular weight excluding hydrogens is 292 g/mol. The van der Waals surface area contributed by atoms with Gasteiger partial charge in [-0.05, 0) is 18.2 Å². The van der Waals surface area contributed by atoms with Crippen LogP contribution in [0, 0.1) is 5.95 Å². The van der Waals surface area contributed by atoms with Crippen molar-refractivity contribution >= 4 is 29.2 Å². The molecule has 98 valence electrons. The molecule has 1 heterocycles. The number of nitrogens with zero attached hydrogens (tertiary/aromatic N) is 1. The summed E-state index contributed by atoms with van der Waals surface area (Å²) in [5.74, 6) is -1.96. The van der Waals surface area contributed by atoms with Crippen molar-refractivity contribution in [3.05, 3.63) is 51.9 Å². The van der Waals surface area contributed by atoms with E-state index in [2.05, 4.69) is 4.98 Å². The molecule has 1 N–H and O–H groups in total. The third kappa shape index (κ3) is 3.03. The number of benzene rings is 1. The first-order chi connectivity index (χ1) is 8.99. The van der Waals surface area contributed by atoms with E-state index in [0.717, 1.165) is 0 Å². The van der Waals surface area contributed by atoms with Gasteiger partial charge in [-0.3, -0.25) is 4.79 Å².